The number of aromatic nitrogens is 1. The van der Waals surface area contributed by atoms with Crippen LogP contribution in [0.3, 0.4) is 0 Å². The lowest BCUT2D eigenvalue weighted by atomic mass is 10.1. The minimum atomic E-state index is 0.582. The van der Waals surface area contributed by atoms with E-state index in [9.17, 15) is 0 Å². The summed E-state index contributed by atoms with van der Waals surface area (Å²) in [5.41, 5.74) is 6.96. The number of benzene rings is 1. The van der Waals surface area contributed by atoms with Crippen LogP contribution in [0.4, 0.5) is 5.82 Å². The predicted octanol–water partition coefficient (Wildman–Crippen LogP) is 2.89. The third-order valence-electron chi connectivity index (χ3n) is 2.03. The van der Waals surface area contributed by atoms with E-state index >= 15 is 0 Å². The summed E-state index contributed by atoms with van der Waals surface area (Å²) in [6.45, 7) is 2.06. The number of hydrogen-bond acceptors (Lipinski definition) is 2. The average molecular weight is 237 g/mol. The number of rotatable bonds is 0. The van der Waals surface area contributed by atoms with Crippen molar-refractivity contribution in [2.75, 3.05) is 5.73 Å². The molecule has 1 aromatic carbocycles. The summed E-state index contributed by atoms with van der Waals surface area (Å²) < 4.78 is 0.986. The largest absolute Gasteiger partial charge is 0.383 e. The van der Waals surface area contributed by atoms with Crippen molar-refractivity contribution in [3.8, 4) is 0 Å². The number of pyridine rings is 1. The predicted molar refractivity (Wildman–Crippen MR) is 58.6 cm³/mol. The Balaban J connectivity index is 2.92. The normalized spacial score (nSPS) is 10.6. The summed E-state index contributed by atoms with van der Waals surface area (Å²) in [5, 5.41) is 2.12. The molecule has 0 aliphatic carbocycles. The van der Waals surface area contributed by atoms with Gasteiger partial charge in [-0.25, -0.2) is 4.98 Å². The molecule has 0 fully saturated rings. The fourth-order valence-electron chi connectivity index (χ4n) is 1.34. The highest BCUT2D eigenvalue weighted by atomic mass is 79.9. The third kappa shape index (κ3) is 1.40. The van der Waals surface area contributed by atoms with Crippen LogP contribution in [0.1, 0.15) is 5.56 Å². The summed E-state index contributed by atoms with van der Waals surface area (Å²) in [4.78, 5) is 4.07. The topological polar surface area (TPSA) is 38.9 Å². The van der Waals surface area contributed by atoms with E-state index in [2.05, 4.69) is 33.9 Å². The zero-order chi connectivity index (χ0) is 9.42. The van der Waals surface area contributed by atoms with Gasteiger partial charge in [-0.15, -0.1) is 0 Å². The molecule has 2 aromatic rings. The molecule has 0 amide bonds. The Bertz CT molecular complexity index is 466. The van der Waals surface area contributed by atoms with Crippen LogP contribution in [-0.4, -0.2) is 4.98 Å². The van der Waals surface area contributed by atoms with Crippen LogP contribution < -0.4 is 5.73 Å². The van der Waals surface area contributed by atoms with Crippen LogP contribution in [0.15, 0.2) is 28.9 Å². The van der Waals surface area contributed by atoms with E-state index in [4.69, 9.17) is 5.73 Å². The van der Waals surface area contributed by atoms with Gasteiger partial charge in [-0.2, -0.15) is 0 Å². The van der Waals surface area contributed by atoms with Gasteiger partial charge in [-0.1, -0.05) is 23.8 Å². The SMILES string of the molecule is Cc1ccc2c(N)ncc(Br)c2c1. The molecule has 0 bridgehead atoms. The Hall–Kier alpha value is -1.09. The van der Waals surface area contributed by atoms with E-state index in [1.54, 1.807) is 6.20 Å². The van der Waals surface area contributed by atoms with E-state index in [1.807, 2.05) is 12.1 Å². The number of hydrogen-bond donors (Lipinski definition) is 1. The van der Waals surface area contributed by atoms with Crippen LogP contribution in [0.5, 0.6) is 0 Å². The van der Waals surface area contributed by atoms with E-state index in [-0.39, 0.29) is 0 Å². The van der Waals surface area contributed by atoms with E-state index < -0.39 is 0 Å². The van der Waals surface area contributed by atoms with Crippen molar-refractivity contribution >= 4 is 32.5 Å². The minimum absolute atomic E-state index is 0.582. The lowest BCUT2D eigenvalue weighted by Gasteiger charge is -2.03. The second kappa shape index (κ2) is 3.00. The molecule has 0 unspecified atom stereocenters. The average Bonchev–Trinajstić information content (AvgIpc) is 2.12. The summed E-state index contributed by atoms with van der Waals surface area (Å²) in [6.07, 6.45) is 1.73. The second-order valence-corrected chi connectivity index (χ2v) is 3.89. The van der Waals surface area contributed by atoms with Crippen molar-refractivity contribution < 1.29 is 0 Å². The van der Waals surface area contributed by atoms with Crippen molar-refractivity contribution in [3.63, 3.8) is 0 Å². The van der Waals surface area contributed by atoms with Gasteiger partial charge in [-0.05, 0) is 22.9 Å². The van der Waals surface area contributed by atoms with E-state index in [1.165, 1.54) is 5.56 Å². The molecular weight excluding hydrogens is 228 g/mol. The number of aryl methyl sites for hydroxylation is 1. The van der Waals surface area contributed by atoms with Crippen molar-refractivity contribution in [3.05, 3.63) is 34.4 Å². The Kier molecular flexibility index (Phi) is 1.96. The standard InChI is InChI=1S/C10H9BrN2/c1-6-2-3-7-8(4-6)9(11)5-13-10(7)12/h2-5H,1H3,(H2,12,13). The maximum atomic E-state index is 5.74. The molecule has 2 rings (SSSR count). The van der Waals surface area contributed by atoms with Gasteiger partial charge in [0.05, 0.1) is 0 Å². The summed E-state index contributed by atoms with van der Waals surface area (Å²) in [7, 11) is 0. The lowest BCUT2D eigenvalue weighted by molar-refractivity contribution is 1.35. The molecule has 2 nitrogen and oxygen atoms in total. The molecule has 2 N–H and O–H groups in total. The number of nitrogens with zero attached hydrogens (tertiary/aromatic N) is 1. The van der Waals surface area contributed by atoms with Crippen LogP contribution in [-0.2, 0) is 0 Å². The molecule has 1 heterocycles. The smallest absolute Gasteiger partial charge is 0.131 e. The van der Waals surface area contributed by atoms with E-state index in [0.29, 0.717) is 5.82 Å². The fourth-order valence-corrected chi connectivity index (χ4v) is 1.77. The van der Waals surface area contributed by atoms with Gasteiger partial charge < -0.3 is 5.73 Å². The monoisotopic (exact) mass is 236 g/mol. The molecule has 0 spiro atoms. The van der Waals surface area contributed by atoms with Crippen molar-refractivity contribution in [2.24, 2.45) is 0 Å². The van der Waals surface area contributed by atoms with Gasteiger partial charge in [0.25, 0.3) is 0 Å². The zero-order valence-corrected chi connectivity index (χ0v) is 8.80. The molecule has 0 atom stereocenters. The van der Waals surface area contributed by atoms with E-state index in [0.717, 1.165) is 15.2 Å². The Morgan fingerprint density at radius 2 is 2.08 bits per heavy atom. The van der Waals surface area contributed by atoms with Crippen LogP contribution in [0.2, 0.25) is 0 Å². The van der Waals surface area contributed by atoms with Crippen LogP contribution in [0, 0.1) is 6.92 Å². The second-order valence-electron chi connectivity index (χ2n) is 3.04. The summed E-state index contributed by atoms with van der Waals surface area (Å²) in [6, 6.07) is 6.13. The van der Waals surface area contributed by atoms with Crippen molar-refractivity contribution in [2.45, 2.75) is 6.92 Å². The Labute approximate surface area is 84.9 Å². The first-order valence-electron chi connectivity index (χ1n) is 3.99. The molecule has 13 heavy (non-hydrogen) atoms. The van der Waals surface area contributed by atoms with Gasteiger partial charge in [-0.3, -0.25) is 0 Å². The van der Waals surface area contributed by atoms with Crippen LogP contribution in [0.25, 0.3) is 10.8 Å². The molecule has 0 saturated heterocycles. The maximum absolute atomic E-state index is 5.74. The molecule has 0 aliphatic heterocycles. The molecule has 0 saturated carbocycles. The Morgan fingerprint density at radius 1 is 1.31 bits per heavy atom. The maximum Gasteiger partial charge on any atom is 0.131 e. The van der Waals surface area contributed by atoms with Crippen molar-refractivity contribution in [1.82, 2.24) is 4.98 Å². The zero-order valence-electron chi connectivity index (χ0n) is 7.21. The molecule has 3 heteroatoms. The van der Waals surface area contributed by atoms with Gasteiger partial charge in [0.15, 0.2) is 0 Å². The number of halogens is 1. The van der Waals surface area contributed by atoms with Gasteiger partial charge in [0.1, 0.15) is 5.82 Å². The van der Waals surface area contributed by atoms with Crippen LogP contribution >= 0.6 is 15.9 Å². The van der Waals surface area contributed by atoms with Crippen molar-refractivity contribution in [1.29, 1.82) is 0 Å². The minimum Gasteiger partial charge on any atom is -0.383 e. The third-order valence-corrected chi connectivity index (χ3v) is 2.66. The number of anilines is 1. The number of fused-ring (bicyclic) bond motifs is 1. The fraction of sp³-hybridized carbons (Fsp3) is 0.100. The highest BCUT2D eigenvalue weighted by Crippen LogP contribution is 2.27. The molecule has 1 aromatic heterocycles. The Morgan fingerprint density at radius 3 is 2.85 bits per heavy atom. The van der Waals surface area contributed by atoms with Gasteiger partial charge >= 0.3 is 0 Å². The first-order valence-corrected chi connectivity index (χ1v) is 4.78. The highest BCUT2D eigenvalue weighted by molar-refractivity contribution is 9.10. The van der Waals surface area contributed by atoms with Gasteiger partial charge in [0.2, 0.25) is 0 Å². The lowest BCUT2D eigenvalue weighted by Crippen LogP contribution is -1.91. The first kappa shape index (κ1) is 8.51. The first-order chi connectivity index (χ1) is 6.18. The molecule has 0 radical (unpaired) electrons. The number of nitrogens with two attached hydrogens (primary N) is 1. The summed E-state index contributed by atoms with van der Waals surface area (Å²) in [5.74, 6) is 0.582. The highest BCUT2D eigenvalue weighted by Gasteiger charge is 2.02. The molecular formula is C10H9BrN2. The number of nitrogen functional groups attached to an aromatic ring is 1. The quantitative estimate of drug-likeness (QED) is 0.765. The molecule has 66 valence electrons. The molecule has 0 aliphatic rings. The summed E-state index contributed by atoms with van der Waals surface area (Å²) >= 11 is 3.45. The van der Waals surface area contributed by atoms with Gasteiger partial charge in [0, 0.05) is 21.4 Å².